The summed E-state index contributed by atoms with van der Waals surface area (Å²) >= 11 is 0. The molecule has 6 nitrogen and oxygen atoms in total. The third kappa shape index (κ3) is 4.48. The molecule has 1 atom stereocenters. The smallest absolute Gasteiger partial charge is 0.113 e. The average Bonchev–Trinajstić information content (AvgIpc) is 2.35. The molecular formula is C11H17N5OS. The quantitative estimate of drug-likeness (QED) is 0.291. The summed E-state index contributed by atoms with van der Waals surface area (Å²) in [6.45, 7) is 0. The predicted octanol–water partition coefficient (Wildman–Crippen LogP) is -0.0450. The molecule has 1 aromatic carbocycles. The molecule has 1 aromatic rings. The summed E-state index contributed by atoms with van der Waals surface area (Å²) in [6.07, 6.45) is 4.79. The summed E-state index contributed by atoms with van der Waals surface area (Å²) in [6, 6.07) is 7.24. The fraction of sp³-hybridized carbons (Fsp3) is 0.0909. The van der Waals surface area contributed by atoms with Crippen LogP contribution in [0.4, 0.5) is 5.69 Å². The largest absolute Gasteiger partial charge is 0.398 e. The van der Waals surface area contributed by atoms with Crippen molar-refractivity contribution in [2.45, 2.75) is 0 Å². The van der Waals surface area contributed by atoms with Gasteiger partial charge < -0.3 is 21.6 Å². The number of hydrogen-bond donors (Lipinski definition) is 5. The molecule has 0 spiro atoms. The highest BCUT2D eigenvalue weighted by molar-refractivity contribution is 7.85. The monoisotopic (exact) mass is 267 g/mol. The lowest BCUT2D eigenvalue weighted by Gasteiger charge is -2.05. The van der Waals surface area contributed by atoms with Gasteiger partial charge in [-0.3, -0.25) is 0 Å². The van der Waals surface area contributed by atoms with Gasteiger partial charge in [0.25, 0.3) is 0 Å². The van der Waals surface area contributed by atoms with Crippen LogP contribution < -0.4 is 27.5 Å². The lowest BCUT2D eigenvalue weighted by atomic mass is 10.1. The second kappa shape index (κ2) is 6.67. The van der Waals surface area contributed by atoms with E-state index in [0.717, 1.165) is 11.3 Å². The molecule has 1 unspecified atom stereocenters. The van der Waals surface area contributed by atoms with Gasteiger partial charge in [0.1, 0.15) is 16.8 Å². The van der Waals surface area contributed by atoms with Crippen LogP contribution in [0, 0.1) is 0 Å². The van der Waals surface area contributed by atoms with Crippen molar-refractivity contribution in [2.75, 3.05) is 11.0 Å². The summed E-state index contributed by atoms with van der Waals surface area (Å²) in [4.78, 5) is 0. The van der Waals surface area contributed by atoms with Crippen LogP contribution in [-0.2, 0) is 11.0 Å². The molecule has 0 saturated heterocycles. The van der Waals surface area contributed by atoms with Crippen LogP contribution >= 0.6 is 0 Å². The van der Waals surface area contributed by atoms with Gasteiger partial charge in [0, 0.05) is 17.6 Å². The zero-order valence-electron chi connectivity index (χ0n) is 10.0. The molecule has 0 aliphatic heterocycles. The predicted molar refractivity (Wildman–Crippen MR) is 75.9 cm³/mol. The van der Waals surface area contributed by atoms with Gasteiger partial charge in [-0.25, -0.2) is 10.1 Å². The molecule has 0 aromatic heterocycles. The van der Waals surface area contributed by atoms with E-state index in [1.807, 2.05) is 12.1 Å². The molecule has 0 fully saturated rings. The van der Waals surface area contributed by atoms with Crippen LogP contribution in [0.3, 0.4) is 0 Å². The Morgan fingerprint density at radius 3 is 2.33 bits per heavy atom. The molecule has 0 bridgehead atoms. The van der Waals surface area contributed by atoms with Gasteiger partial charge in [-0.05, 0) is 29.8 Å². The van der Waals surface area contributed by atoms with Crippen molar-refractivity contribution in [3.8, 4) is 0 Å². The number of rotatable bonds is 5. The number of benzene rings is 1. The highest BCUT2D eigenvalue weighted by Crippen LogP contribution is 2.14. The van der Waals surface area contributed by atoms with Crippen LogP contribution in [0.2, 0.25) is 0 Å². The topological polar surface area (TPSA) is 119 Å². The van der Waals surface area contributed by atoms with Crippen molar-refractivity contribution in [1.29, 1.82) is 0 Å². The zero-order valence-corrected chi connectivity index (χ0v) is 10.8. The Hall–Kier alpha value is -1.99. The molecule has 0 saturated carbocycles. The van der Waals surface area contributed by atoms with Crippen LogP contribution in [0.1, 0.15) is 5.56 Å². The van der Waals surface area contributed by atoms with E-state index in [-0.39, 0.29) is 0 Å². The van der Waals surface area contributed by atoms with Gasteiger partial charge in [0.05, 0.1) is 0 Å². The van der Waals surface area contributed by atoms with Crippen molar-refractivity contribution in [2.24, 2.45) is 17.3 Å². The van der Waals surface area contributed by atoms with E-state index in [1.165, 1.54) is 0 Å². The summed E-state index contributed by atoms with van der Waals surface area (Å²) < 4.78 is 13.7. The van der Waals surface area contributed by atoms with Gasteiger partial charge in [-0.15, -0.1) is 0 Å². The van der Waals surface area contributed by atoms with Crippen molar-refractivity contribution >= 4 is 22.4 Å². The molecule has 0 aliphatic rings. The van der Waals surface area contributed by atoms with Crippen LogP contribution in [-0.4, -0.2) is 10.5 Å². The Kier molecular flexibility index (Phi) is 5.22. The van der Waals surface area contributed by atoms with Crippen LogP contribution in [0.5, 0.6) is 0 Å². The number of nitrogens with one attached hydrogen (secondary N) is 2. The van der Waals surface area contributed by atoms with Crippen molar-refractivity contribution < 1.29 is 4.21 Å². The number of hydrogen-bond acceptors (Lipinski definition) is 5. The molecular weight excluding hydrogens is 250 g/mol. The first-order chi connectivity index (χ1) is 8.52. The Labute approximate surface area is 108 Å². The van der Waals surface area contributed by atoms with E-state index in [1.54, 1.807) is 30.5 Å². The summed E-state index contributed by atoms with van der Waals surface area (Å²) in [7, 11) is -1.09. The fourth-order valence-electron chi connectivity index (χ4n) is 1.22. The first-order valence-corrected chi connectivity index (χ1v) is 6.69. The minimum atomic E-state index is -1.09. The molecule has 98 valence electrons. The first kappa shape index (κ1) is 14.1. The third-order valence-electron chi connectivity index (χ3n) is 2.09. The van der Waals surface area contributed by atoms with Gasteiger partial charge in [-0.1, -0.05) is 12.1 Å². The van der Waals surface area contributed by atoms with Gasteiger partial charge in [0.2, 0.25) is 0 Å². The number of nitrogens with two attached hydrogens (primary N) is 3. The van der Waals surface area contributed by atoms with E-state index >= 15 is 0 Å². The third-order valence-corrected chi connectivity index (χ3v) is 2.61. The first-order valence-electron chi connectivity index (χ1n) is 5.13. The van der Waals surface area contributed by atoms with E-state index in [0.29, 0.717) is 11.5 Å². The molecule has 0 aliphatic carbocycles. The fourth-order valence-corrected chi connectivity index (χ4v) is 1.69. The highest BCUT2D eigenvalue weighted by atomic mass is 32.2. The van der Waals surface area contributed by atoms with E-state index in [9.17, 15) is 4.21 Å². The molecule has 0 radical (unpaired) electrons. The highest BCUT2D eigenvalue weighted by Gasteiger charge is 1.97. The second-order valence-corrected chi connectivity index (χ2v) is 4.63. The second-order valence-electron chi connectivity index (χ2n) is 3.52. The molecule has 1 rings (SSSR count). The SMILES string of the molecule is CS(=O)Nc1ccc(/C(N)=C/C=C(\N)NN)cc1. The normalized spacial score (nSPS) is 14.1. The Morgan fingerprint density at radius 1 is 1.22 bits per heavy atom. The molecule has 18 heavy (non-hydrogen) atoms. The van der Waals surface area contributed by atoms with E-state index in [4.69, 9.17) is 17.3 Å². The molecule has 8 N–H and O–H groups in total. The number of hydrazine groups is 1. The lowest BCUT2D eigenvalue weighted by Crippen LogP contribution is -2.26. The number of anilines is 1. The standard InChI is InChI=1S/C11H17N5OS/c1-18(17)16-9-4-2-8(3-5-9)10(12)6-7-11(13)15-14/h2-7,15-16H,12-14H2,1H3/b10-6-,11-7+. The maximum atomic E-state index is 11.0. The summed E-state index contributed by atoms with van der Waals surface area (Å²) in [5, 5.41) is 0. The van der Waals surface area contributed by atoms with Crippen LogP contribution in [0.15, 0.2) is 42.2 Å². The minimum absolute atomic E-state index is 0.317. The minimum Gasteiger partial charge on any atom is -0.398 e. The number of allylic oxidation sites excluding steroid dienone is 2. The summed E-state index contributed by atoms with van der Waals surface area (Å²) in [5.74, 6) is 5.43. The summed E-state index contributed by atoms with van der Waals surface area (Å²) in [5.41, 5.74) is 15.8. The molecule has 0 amide bonds. The van der Waals surface area contributed by atoms with Crippen molar-refractivity contribution in [3.63, 3.8) is 0 Å². The van der Waals surface area contributed by atoms with Crippen molar-refractivity contribution in [1.82, 2.24) is 5.43 Å². The maximum absolute atomic E-state index is 11.0. The van der Waals surface area contributed by atoms with Crippen molar-refractivity contribution in [3.05, 3.63) is 47.8 Å². The maximum Gasteiger partial charge on any atom is 0.113 e. The molecule has 0 heterocycles. The van der Waals surface area contributed by atoms with Gasteiger partial charge in [-0.2, -0.15) is 0 Å². The van der Waals surface area contributed by atoms with E-state index < -0.39 is 11.0 Å². The van der Waals surface area contributed by atoms with Gasteiger partial charge >= 0.3 is 0 Å². The Morgan fingerprint density at radius 2 is 1.83 bits per heavy atom. The van der Waals surface area contributed by atoms with Crippen LogP contribution in [0.25, 0.3) is 5.70 Å². The zero-order chi connectivity index (χ0) is 13.5. The van der Waals surface area contributed by atoms with E-state index in [2.05, 4.69) is 10.1 Å². The van der Waals surface area contributed by atoms with Gasteiger partial charge in [0.15, 0.2) is 0 Å². The average molecular weight is 267 g/mol. The molecule has 7 heteroatoms. The Balaban J connectivity index is 2.81. The Bertz CT molecular complexity index is 481. The lowest BCUT2D eigenvalue weighted by molar-refractivity contribution is 0.690.